The highest BCUT2D eigenvalue weighted by Crippen LogP contribution is 2.42. The molecule has 0 spiro atoms. The second-order valence-electron chi connectivity index (χ2n) is 17.4. The molecule has 2 aliphatic carbocycles. The van der Waals surface area contributed by atoms with Crippen LogP contribution in [-0.2, 0) is 32.9 Å². The Hall–Kier alpha value is -0.993. The molecule has 54 heavy (non-hydrogen) atoms. The van der Waals surface area contributed by atoms with Crippen LogP contribution >= 0.6 is 0 Å². The van der Waals surface area contributed by atoms with Crippen LogP contribution in [0.3, 0.4) is 0 Å². The maximum Gasteiger partial charge on any atom is 0.254 e. The third-order valence-corrected chi connectivity index (χ3v) is 16.9. The van der Waals surface area contributed by atoms with E-state index in [0.717, 1.165) is 0 Å². The third kappa shape index (κ3) is 9.16. The van der Waals surface area contributed by atoms with Crippen molar-refractivity contribution in [3.05, 3.63) is 0 Å². The molecule has 0 radical (unpaired) electrons. The molecule has 17 N–H and O–H groups in total. The van der Waals surface area contributed by atoms with Crippen molar-refractivity contribution in [1.82, 2.24) is 10.6 Å². The minimum absolute atomic E-state index is 0.0531. The number of rotatable bonds is 13. The van der Waals surface area contributed by atoms with Crippen molar-refractivity contribution in [2.24, 2.45) is 34.6 Å². The van der Waals surface area contributed by atoms with Gasteiger partial charge in [0.2, 0.25) is 0 Å². The summed E-state index contributed by atoms with van der Waals surface area (Å²) in [5, 5.41) is 60.1. The van der Waals surface area contributed by atoms with Crippen LogP contribution < -0.4 is 39.3 Å². The van der Waals surface area contributed by atoms with Gasteiger partial charge in [0, 0.05) is 31.6 Å². The minimum Gasteiger partial charge on any atom is -0.406 e. The molecular weight excluding hydrogens is 726 g/mol. The molecule has 0 aromatic heterocycles. The number of aliphatic hydroxyl groups excluding tert-OH is 4. The number of aliphatic hydroxyl groups is 5. The van der Waals surface area contributed by atoms with E-state index >= 15 is 0 Å². The quantitative estimate of drug-likeness (QED) is 0.0780. The number of nitrogens with two attached hydrogens (primary N) is 5. The van der Waals surface area contributed by atoms with Gasteiger partial charge in [0.05, 0.1) is 49.1 Å². The first-order valence-corrected chi connectivity index (χ1v) is 22.2. The molecule has 1 amide bonds. The van der Waals surface area contributed by atoms with Crippen LogP contribution in [0.25, 0.3) is 0 Å². The summed E-state index contributed by atoms with van der Waals surface area (Å²) in [6.07, 6.45) is -11.1. The molecule has 0 bridgehead atoms. The maximum atomic E-state index is 13.2. The molecule has 19 nitrogen and oxygen atoms in total. The van der Waals surface area contributed by atoms with Gasteiger partial charge in [-0.1, -0.05) is 20.8 Å². The zero-order valence-corrected chi connectivity index (χ0v) is 33.2. The van der Waals surface area contributed by atoms with Gasteiger partial charge in [0.15, 0.2) is 26.5 Å². The van der Waals surface area contributed by atoms with E-state index in [0.29, 0.717) is 12.8 Å². The molecule has 5 aliphatic rings. The molecule has 3 aliphatic heterocycles. The van der Waals surface area contributed by atoms with Crippen molar-refractivity contribution in [2.75, 3.05) is 32.8 Å². The Balaban J connectivity index is 1.48. The molecule has 2 saturated carbocycles. The molecule has 0 unspecified atom stereocenters. The highest BCUT2D eigenvalue weighted by molar-refractivity contribution is 6.74. The van der Waals surface area contributed by atoms with Gasteiger partial charge in [-0.25, -0.2) is 0 Å². The number of ether oxygens (including phenoxy) is 5. The lowest BCUT2D eigenvalue weighted by Gasteiger charge is -2.48. The molecule has 5 rings (SSSR count). The fourth-order valence-corrected chi connectivity index (χ4v) is 8.97. The molecule has 0 aromatic carbocycles. The SMILES string of the molecule is CC(C)(C)[Si](C)(C)O[C@H]1[C@H](O[C@@H]2[C@@H](O)[C@H](NC(=O)C3(O)CNC3)C[C@H](N)[C@H]2O[C@H]2O[C@H](CN)CC[C@H]2N)O[C@H](CO)[C@H]1O[C@H]1C[C@@H](CN)[C@@H](O)[C@H](O)[C@H]1N. The van der Waals surface area contributed by atoms with Gasteiger partial charge in [-0.05, 0) is 50.4 Å². The van der Waals surface area contributed by atoms with Crippen LogP contribution in [0.15, 0.2) is 0 Å². The van der Waals surface area contributed by atoms with Crippen LogP contribution in [0.5, 0.6) is 0 Å². The van der Waals surface area contributed by atoms with Gasteiger partial charge >= 0.3 is 0 Å². The van der Waals surface area contributed by atoms with Gasteiger partial charge < -0.3 is 92.9 Å². The summed E-state index contributed by atoms with van der Waals surface area (Å²) in [5.41, 5.74) is 29.8. The first-order valence-electron chi connectivity index (χ1n) is 19.3. The van der Waals surface area contributed by atoms with Crippen LogP contribution in [0.2, 0.25) is 18.1 Å². The molecule has 5 fully saturated rings. The zero-order chi connectivity index (χ0) is 39.9. The van der Waals surface area contributed by atoms with Crippen molar-refractivity contribution >= 4 is 14.2 Å². The summed E-state index contributed by atoms with van der Waals surface area (Å²) in [5.74, 6) is -1.17. The average Bonchev–Trinajstić information content (AvgIpc) is 3.41. The van der Waals surface area contributed by atoms with E-state index in [-0.39, 0.29) is 50.2 Å². The number of nitrogens with one attached hydrogen (secondary N) is 2. The summed E-state index contributed by atoms with van der Waals surface area (Å²) in [6, 6.07) is -3.33. The van der Waals surface area contributed by atoms with Gasteiger partial charge in [0.25, 0.3) is 5.91 Å². The summed E-state index contributed by atoms with van der Waals surface area (Å²) < 4.78 is 39.1. The Morgan fingerprint density at radius 3 is 2.11 bits per heavy atom. The number of carbonyl (C=O) groups is 1. The second kappa shape index (κ2) is 17.5. The van der Waals surface area contributed by atoms with Crippen LogP contribution in [-0.4, -0.2) is 176 Å². The first-order chi connectivity index (χ1) is 25.2. The van der Waals surface area contributed by atoms with Gasteiger partial charge in [0.1, 0.15) is 36.6 Å². The average molecular weight is 794 g/mol. The third-order valence-electron chi connectivity index (χ3n) is 12.4. The van der Waals surface area contributed by atoms with Crippen LogP contribution in [0.1, 0.15) is 46.5 Å². The summed E-state index contributed by atoms with van der Waals surface area (Å²) >= 11 is 0. The monoisotopic (exact) mass is 793 g/mol. The fourth-order valence-electron chi connectivity index (χ4n) is 7.69. The molecule has 314 valence electrons. The molecule has 3 heterocycles. The van der Waals surface area contributed by atoms with E-state index in [1.54, 1.807) is 0 Å². The predicted molar refractivity (Wildman–Crippen MR) is 197 cm³/mol. The molecule has 3 saturated heterocycles. The predicted octanol–water partition coefficient (Wildman–Crippen LogP) is -4.65. The lowest BCUT2D eigenvalue weighted by molar-refractivity contribution is -0.287. The van der Waals surface area contributed by atoms with Crippen molar-refractivity contribution in [1.29, 1.82) is 0 Å². The van der Waals surface area contributed by atoms with Crippen molar-refractivity contribution in [2.45, 2.75) is 168 Å². The van der Waals surface area contributed by atoms with Crippen molar-refractivity contribution in [3.63, 3.8) is 0 Å². The number of hydrogen-bond acceptors (Lipinski definition) is 18. The largest absolute Gasteiger partial charge is 0.406 e. The highest BCUT2D eigenvalue weighted by atomic mass is 28.4. The van der Waals surface area contributed by atoms with Crippen molar-refractivity contribution in [3.8, 4) is 0 Å². The Morgan fingerprint density at radius 2 is 1.54 bits per heavy atom. The van der Waals surface area contributed by atoms with Gasteiger partial charge in [-0.15, -0.1) is 0 Å². The van der Waals surface area contributed by atoms with E-state index in [1.807, 2.05) is 13.1 Å². The Labute approximate surface area is 318 Å². The molecule has 17 atom stereocenters. The number of carbonyl (C=O) groups excluding carboxylic acids is 1. The maximum absolute atomic E-state index is 13.2. The van der Waals surface area contributed by atoms with E-state index in [4.69, 9.17) is 56.8 Å². The lowest BCUT2D eigenvalue weighted by atomic mass is 9.79. The highest BCUT2D eigenvalue weighted by Gasteiger charge is 2.57. The summed E-state index contributed by atoms with van der Waals surface area (Å²) in [4.78, 5) is 13.2. The van der Waals surface area contributed by atoms with E-state index < -0.39 is 124 Å². The first kappa shape index (κ1) is 44.1. The summed E-state index contributed by atoms with van der Waals surface area (Å²) in [7, 11) is -2.67. The van der Waals surface area contributed by atoms with Crippen LogP contribution in [0, 0.1) is 5.92 Å². The van der Waals surface area contributed by atoms with E-state index in [9.17, 15) is 30.3 Å². The van der Waals surface area contributed by atoms with Crippen LogP contribution in [0.4, 0.5) is 0 Å². The molecule has 20 heteroatoms. The minimum atomic E-state index is -2.67. The standard InChI is InChI=1S/C34H67N7O12Si/c1-33(2,3)54(4,5)53-29-27(49-20-8-15(10-35)23(43)25(45)22(20)39)21(12-42)50-31(29)52-28-24(44)19(41-32(46)34(47)13-40-14-34)9-18(38)26(28)51-30-17(37)7-6-16(11-36)48-30/h15-31,40,42-45,47H,6-14,35-39H2,1-5H3,(H,41,46)/t15-,16-,17+,18-,19+,20-,21+,22-,23+,24-,25+,26+,27+,28+,29+,30+,31-/m0/s1. The van der Waals surface area contributed by atoms with Gasteiger partial charge in [-0.2, -0.15) is 0 Å². The number of amides is 1. The van der Waals surface area contributed by atoms with E-state index in [1.165, 1.54) is 0 Å². The lowest BCUT2D eigenvalue weighted by Crippen LogP contribution is -2.71. The number of hydrogen-bond donors (Lipinski definition) is 12. The second-order valence-corrected chi connectivity index (χ2v) is 22.2. The topological polar surface area (TPSA) is 328 Å². The summed E-state index contributed by atoms with van der Waals surface area (Å²) in [6.45, 7) is 10.1. The fraction of sp³-hybridized carbons (Fsp3) is 0.971. The zero-order valence-electron chi connectivity index (χ0n) is 32.2. The normalized spacial score (nSPS) is 44.5. The number of β-amino-alcohol motifs (C(OH)–C–C–N with tert-alkyl or cyclic N) is 1. The van der Waals surface area contributed by atoms with Crippen molar-refractivity contribution < 1.29 is 58.4 Å². The Bertz CT molecular complexity index is 1250. The smallest absolute Gasteiger partial charge is 0.254 e. The molecular formula is C34H67N7O12Si. The van der Waals surface area contributed by atoms with E-state index in [2.05, 4.69) is 31.4 Å². The molecule has 0 aromatic rings. The Morgan fingerprint density at radius 1 is 0.870 bits per heavy atom. The van der Waals surface area contributed by atoms with Gasteiger partial charge in [-0.3, -0.25) is 4.79 Å². The Kier molecular flexibility index (Phi) is 14.3.